The summed E-state index contributed by atoms with van der Waals surface area (Å²) in [7, 11) is 0. The Kier molecular flexibility index (Phi) is 6.34. The van der Waals surface area contributed by atoms with Crippen molar-refractivity contribution in [2.75, 3.05) is 31.7 Å². The van der Waals surface area contributed by atoms with E-state index in [1.54, 1.807) is 0 Å². The molecule has 5 nitrogen and oxygen atoms in total. The maximum absolute atomic E-state index is 11.8. The zero-order valence-corrected chi connectivity index (χ0v) is 12.6. The zero-order chi connectivity index (χ0) is 14.9. The van der Waals surface area contributed by atoms with E-state index in [0.717, 1.165) is 43.9 Å². The summed E-state index contributed by atoms with van der Waals surface area (Å²) in [6, 6.07) is 7.28. The van der Waals surface area contributed by atoms with Crippen LogP contribution in [0.3, 0.4) is 0 Å². The van der Waals surface area contributed by atoms with Gasteiger partial charge in [0.2, 0.25) is 0 Å². The van der Waals surface area contributed by atoms with Gasteiger partial charge in [0, 0.05) is 30.8 Å². The maximum Gasteiger partial charge on any atom is 0.319 e. The number of benzene rings is 1. The Bertz CT molecular complexity index is 445. The third-order valence-corrected chi connectivity index (χ3v) is 3.43. The Morgan fingerprint density at radius 3 is 3.14 bits per heavy atom. The molecule has 2 amide bonds. The van der Waals surface area contributed by atoms with Crippen LogP contribution in [0.15, 0.2) is 24.3 Å². The Hall–Kier alpha value is -1.75. The first kappa shape index (κ1) is 15.6. The molecule has 1 fully saturated rings. The first-order valence-corrected chi connectivity index (χ1v) is 7.63. The van der Waals surface area contributed by atoms with Gasteiger partial charge in [0.25, 0.3) is 0 Å². The molecule has 1 aliphatic heterocycles. The van der Waals surface area contributed by atoms with Crippen LogP contribution in [0, 0.1) is 5.92 Å². The molecule has 2 N–H and O–H groups in total. The molecule has 1 saturated heterocycles. The molecule has 0 aromatic heterocycles. The first-order valence-electron chi connectivity index (χ1n) is 7.63. The minimum absolute atomic E-state index is 0.187. The van der Waals surface area contributed by atoms with Gasteiger partial charge in [-0.25, -0.2) is 4.79 Å². The predicted molar refractivity (Wildman–Crippen MR) is 82.8 cm³/mol. The lowest BCUT2D eigenvalue weighted by Gasteiger charge is -2.12. The number of carbonyl (C=O) groups is 1. The number of urea groups is 1. The number of rotatable bonds is 7. The fraction of sp³-hybridized carbons (Fsp3) is 0.562. The van der Waals surface area contributed by atoms with Gasteiger partial charge in [0.15, 0.2) is 0 Å². The molecular formula is C16H24N2O3. The quantitative estimate of drug-likeness (QED) is 0.759. The Balaban J connectivity index is 1.75. The van der Waals surface area contributed by atoms with Gasteiger partial charge in [-0.3, -0.25) is 0 Å². The summed E-state index contributed by atoms with van der Waals surface area (Å²) in [5, 5.41) is 5.70. The number of hydrogen-bond acceptors (Lipinski definition) is 3. The SMILES string of the molecule is CCCCOc1cccc(NC(=O)NCC2CCOC2)c1. The largest absolute Gasteiger partial charge is 0.494 e. The van der Waals surface area contributed by atoms with Gasteiger partial charge in [-0.2, -0.15) is 0 Å². The Labute approximate surface area is 126 Å². The van der Waals surface area contributed by atoms with E-state index in [-0.39, 0.29) is 6.03 Å². The van der Waals surface area contributed by atoms with E-state index in [1.807, 2.05) is 24.3 Å². The first-order chi connectivity index (χ1) is 10.3. The van der Waals surface area contributed by atoms with Crippen molar-refractivity contribution < 1.29 is 14.3 Å². The number of amides is 2. The van der Waals surface area contributed by atoms with Crippen LogP contribution >= 0.6 is 0 Å². The van der Waals surface area contributed by atoms with Crippen molar-refractivity contribution in [1.29, 1.82) is 0 Å². The van der Waals surface area contributed by atoms with E-state index in [1.165, 1.54) is 0 Å². The summed E-state index contributed by atoms with van der Waals surface area (Å²) >= 11 is 0. The fourth-order valence-corrected chi connectivity index (χ4v) is 2.15. The molecule has 1 aromatic carbocycles. The summed E-state index contributed by atoms with van der Waals surface area (Å²) in [4.78, 5) is 11.8. The van der Waals surface area contributed by atoms with Crippen molar-refractivity contribution in [3.8, 4) is 5.75 Å². The second-order valence-electron chi connectivity index (χ2n) is 5.29. The molecule has 0 radical (unpaired) electrons. The number of anilines is 1. The third-order valence-electron chi connectivity index (χ3n) is 3.43. The lowest BCUT2D eigenvalue weighted by Crippen LogP contribution is -2.33. The van der Waals surface area contributed by atoms with Gasteiger partial charge >= 0.3 is 6.03 Å². The molecule has 2 rings (SSSR count). The van der Waals surface area contributed by atoms with E-state index < -0.39 is 0 Å². The van der Waals surface area contributed by atoms with Crippen LogP contribution in [0.5, 0.6) is 5.75 Å². The smallest absolute Gasteiger partial charge is 0.319 e. The number of nitrogens with one attached hydrogen (secondary N) is 2. The highest BCUT2D eigenvalue weighted by molar-refractivity contribution is 5.89. The highest BCUT2D eigenvalue weighted by Gasteiger charge is 2.16. The van der Waals surface area contributed by atoms with E-state index in [2.05, 4.69) is 17.6 Å². The van der Waals surface area contributed by atoms with Gasteiger partial charge < -0.3 is 20.1 Å². The van der Waals surface area contributed by atoms with Crippen LogP contribution in [-0.2, 0) is 4.74 Å². The molecule has 1 heterocycles. The molecule has 0 saturated carbocycles. The minimum atomic E-state index is -0.187. The molecule has 1 atom stereocenters. The summed E-state index contributed by atoms with van der Waals surface area (Å²) in [5.74, 6) is 1.21. The lowest BCUT2D eigenvalue weighted by molar-refractivity contribution is 0.185. The van der Waals surface area contributed by atoms with Crippen molar-refractivity contribution in [2.45, 2.75) is 26.2 Å². The number of unbranched alkanes of at least 4 members (excludes halogenated alkanes) is 1. The highest BCUT2D eigenvalue weighted by atomic mass is 16.5. The van der Waals surface area contributed by atoms with Gasteiger partial charge in [0.05, 0.1) is 13.2 Å². The van der Waals surface area contributed by atoms with Gasteiger partial charge in [0.1, 0.15) is 5.75 Å². The predicted octanol–water partition coefficient (Wildman–Crippen LogP) is 3.02. The second-order valence-corrected chi connectivity index (χ2v) is 5.29. The molecule has 1 aromatic rings. The number of ether oxygens (including phenoxy) is 2. The molecule has 1 unspecified atom stereocenters. The maximum atomic E-state index is 11.8. The van der Waals surface area contributed by atoms with Crippen molar-refractivity contribution >= 4 is 11.7 Å². The van der Waals surface area contributed by atoms with Crippen molar-refractivity contribution in [3.05, 3.63) is 24.3 Å². The third kappa shape index (κ3) is 5.63. The summed E-state index contributed by atoms with van der Waals surface area (Å²) in [5.41, 5.74) is 0.740. The Morgan fingerprint density at radius 1 is 1.48 bits per heavy atom. The van der Waals surface area contributed by atoms with Gasteiger partial charge in [-0.15, -0.1) is 0 Å². The Morgan fingerprint density at radius 2 is 2.38 bits per heavy atom. The zero-order valence-electron chi connectivity index (χ0n) is 12.6. The highest BCUT2D eigenvalue weighted by Crippen LogP contribution is 2.17. The summed E-state index contributed by atoms with van der Waals surface area (Å²) < 4.78 is 10.9. The van der Waals surface area contributed by atoms with Crippen LogP contribution in [0.2, 0.25) is 0 Å². The van der Waals surface area contributed by atoms with Crippen LogP contribution in [0.4, 0.5) is 10.5 Å². The molecular weight excluding hydrogens is 268 g/mol. The van der Waals surface area contributed by atoms with E-state index in [9.17, 15) is 4.79 Å². The van der Waals surface area contributed by atoms with Gasteiger partial charge in [-0.05, 0) is 25.0 Å². The van der Waals surface area contributed by atoms with Crippen LogP contribution in [0.1, 0.15) is 26.2 Å². The number of carbonyl (C=O) groups excluding carboxylic acids is 1. The molecule has 0 spiro atoms. The van der Waals surface area contributed by atoms with Crippen molar-refractivity contribution in [1.82, 2.24) is 5.32 Å². The molecule has 0 aliphatic carbocycles. The standard InChI is InChI=1S/C16H24N2O3/c1-2-3-8-21-15-6-4-5-14(10-15)18-16(19)17-11-13-7-9-20-12-13/h4-6,10,13H,2-3,7-9,11-12H2,1H3,(H2,17,18,19). The molecule has 5 heteroatoms. The fourth-order valence-electron chi connectivity index (χ4n) is 2.15. The molecule has 21 heavy (non-hydrogen) atoms. The average molecular weight is 292 g/mol. The topological polar surface area (TPSA) is 59.6 Å². The molecule has 1 aliphatic rings. The summed E-state index contributed by atoms with van der Waals surface area (Å²) in [6.45, 7) is 5.01. The minimum Gasteiger partial charge on any atom is -0.494 e. The van der Waals surface area contributed by atoms with Crippen LogP contribution < -0.4 is 15.4 Å². The van der Waals surface area contributed by atoms with Crippen molar-refractivity contribution in [3.63, 3.8) is 0 Å². The lowest BCUT2D eigenvalue weighted by atomic mass is 10.1. The molecule has 116 valence electrons. The molecule has 0 bridgehead atoms. The van der Waals surface area contributed by atoms with Gasteiger partial charge in [-0.1, -0.05) is 19.4 Å². The van der Waals surface area contributed by atoms with E-state index >= 15 is 0 Å². The average Bonchev–Trinajstić information content (AvgIpc) is 2.99. The summed E-state index contributed by atoms with van der Waals surface area (Å²) in [6.07, 6.45) is 3.15. The van der Waals surface area contributed by atoms with Crippen LogP contribution in [-0.4, -0.2) is 32.4 Å². The van der Waals surface area contributed by atoms with E-state index in [0.29, 0.717) is 19.1 Å². The monoisotopic (exact) mass is 292 g/mol. The second kappa shape index (κ2) is 8.52. The van der Waals surface area contributed by atoms with E-state index in [4.69, 9.17) is 9.47 Å². The van der Waals surface area contributed by atoms with Crippen molar-refractivity contribution in [2.24, 2.45) is 5.92 Å². The van der Waals surface area contributed by atoms with Crippen LogP contribution in [0.25, 0.3) is 0 Å². The normalized spacial score (nSPS) is 17.5. The number of hydrogen-bond donors (Lipinski definition) is 2.